The molecule has 1 N–H and O–H groups in total. The van der Waals surface area contributed by atoms with Gasteiger partial charge in [-0.3, -0.25) is 0 Å². The summed E-state index contributed by atoms with van der Waals surface area (Å²) in [6.45, 7) is 2.91. The summed E-state index contributed by atoms with van der Waals surface area (Å²) in [5.74, 6) is 1.05. The van der Waals surface area contributed by atoms with Gasteiger partial charge in [0.05, 0.1) is 23.0 Å². The summed E-state index contributed by atoms with van der Waals surface area (Å²) in [6.07, 6.45) is 1.39. The molecule has 6 nitrogen and oxygen atoms in total. The van der Waals surface area contributed by atoms with Crippen molar-refractivity contribution in [2.45, 2.75) is 18.9 Å². The van der Waals surface area contributed by atoms with Crippen molar-refractivity contribution in [1.29, 1.82) is 0 Å². The second-order valence-electron chi connectivity index (χ2n) is 5.40. The Hall–Kier alpha value is -0.180. The molecule has 0 bridgehead atoms. The highest BCUT2D eigenvalue weighted by atomic mass is 32.2. The van der Waals surface area contributed by atoms with Crippen molar-refractivity contribution in [3.63, 3.8) is 0 Å². The highest BCUT2D eigenvalue weighted by Crippen LogP contribution is 2.11. The summed E-state index contributed by atoms with van der Waals surface area (Å²) < 4.78 is 45.5. The summed E-state index contributed by atoms with van der Waals surface area (Å²) in [5, 5.41) is 3.26. The molecule has 0 aromatic rings. The van der Waals surface area contributed by atoms with Crippen LogP contribution in [0.4, 0.5) is 0 Å². The van der Waals surface area contributed by atoms with E-state index in [0.29, 0.717) is 19.4 Å². The van der Waals surface area contributed by atoms with Gasteiger partial charge in [0, 0.05) is 25.7 Å². The molecule has 2 fully saturated rings. The fraction of sp³-hybridized carbons (Fsp3) is 1.00. The van der Waals surface area contributed by atoms with Crippen molar-refractivity contribution in [3.05, 3.63) is 0 Å². The van der Waals surface area contributed by atoms with Gasteiger partial charge in [-0.2, -0.15) is 0 Å². The van der Waals surface area contributed by atoms with E-state index in [0.717, 1.165) is 19.6 Å². The Labute approximate surface area is 115 Å². The van der Waals surface area contributed by atoms with Crippen molar-refractivity contribution in [1.82, 2.24) is 10.2 Å². The van der Waals surface area contributed by atoms with E-state index in [1.54, 1.807) is 0 Å². The average molecular weight is 310 g/mol. The number of hydrogen-bond acceptors (Lipinski definition) is 6. The van der Waals surface area contributed by atoms with Crippen LogP contribution >= 0.6 is 0 Å². The van der Waals surface area contributed by atoms with Crippen molar-refractivity contribution in [2.24, 2.45) is 0 Å². The molecule has 2 rings (SSSR count). The first-order chi connectivity index (χ1) is 8.86. The van der Waals surface area contributed by atoms with Crippen LogP contribution < -0.4 is 5.32 Å². The minimum Gasteiger partial charge on any atom is -0.312 e. The molecule has 0 aromatic heterocycles. The third kappa shape index (κ3) is 5.02. The molecule has 0 spiro atoms. The van der Waals surface area contributed by atoms with E-state index in [1.165, 1.54) is 0 Å². The van der Waals surface area contributed by atoms with Gasteiger partial charge in [-0.1, -0.05) is 0 Å². The molecule has 1 unspecified atom stereocenters. The summed E-state index contributed by atoms with van der Waals surface area (Å²) in [4.78, 5) is 2.14. The lowest BCUT2D eigenvalue weighted by atomic mass is 10.2. The first-order valence-electron chi connectivity index (χ1n) is 6.73. The molecular formula is C11H22N2O4S2. The van der Waals surface area contributed by atoms with Crippen LogP contribution in [0.25, 0.3) is 0 Å². The van der Waals surface area contributed by atoms with Crippen LogP contribution in [0.1, 0.15) is 12.8 Å². The maximum absolute atomic E-state index is 11.5. The first-order valence-corrected chi connectivity index (χ1v) is 10.4. The van der Waals surface area contributed by atoms with Gasteiger partial charge < -0.3 is 10.2 Å². The Morgan fingerprint density at radius 3 is 2.47 bits per heavy atom. The third-order valence-electron chi connectivity index (χ3n) is 3.74. The Bertz CT molecular complexity index is 501. The highest BCUT2D eigenvalue weighted by Gasteiger charge is 2.27. The van der Waals surface area contributed by atoms with Crippen molar-refractivity contribution < 1.29 is 16.8 Å². The van der Waals surface area contributed by atoms with Gasteiger partial charge in [-0.25, -0.2) is 16.8 Å². The predicted molar refractivity (Wildman–Crippen MR) is 74.8 cm³/mol. The lowest BCUT2D eigenvalue weighted by molar-refractivity contribution is 0.290. The first kappa shape index (κ1) is 15.2. The Morgan fingerprint density at radius 2 is 1.79 bits per heavy atom. The predicted octanol–water partition coefficient (Wildman–Crippen LogP) is -1.12. The van der Waals surface area contributed by atoms with Gasteiger partial charge in [-0.15, -0.1) is 0 Å². The van der Waals surface area contributed by atoms with E-state index in [1.807, 2.05) is 0 Å². The summed E-state index contributed by atoms with van der Waals surface area (Å²) >= 11 is 0. The van der Waals surface area contributed by atoms with Crippen LogP contribution in [0.5, 0.6) is 0 Å². The molecule has 0 saturated carbocycles. The number of nitrogens with zero attached hydrogens (tertiary/aromatic N) is 1. The van der Waals surface area contributed by atoms with Gasteiger partial charge in [0.25, 0.3) is 0 Å². The minimum atomic E-state index is -2.85. The fourth-order valence-corrected chi connectivity index (χ4v) is 5.61. The van der Waals surface area contributed by atoms with E-state index >= 15 is 0 Å². The Balaban J connectivity index is 1.69. The normalized spacial score (nSPS) is 31.1. The minimum absolute atomic E-state index is 0.0701. The number of hydrogen-bond donors (Lipinski definition) is 1. The van der Waals surface area contributed by atoms with E-state index in [4.69, 9.17) is 0 Å². The summed E-state index contributed by atoms with van der Waals surface area (Å²) in [5.41, 5.74) is 0. The van der Waals surface area contributed by atoms with Gasteiger partial charge in [-0.05, 0) is 19.4 Å². The van der Waals surface area contributed by atoms with E-state index in [-0.39, 0.29) is 29.1 Å². The molecule has 0 radical (unpaired) electrons. The Kier molecular flexibility index (Phi) is 4.86. The molecule has 8 heteroatoms. The zero-order chi connectivity index (χ0) is 13.9. The fourth-order valence-electron chi connectivity index (χ4n) is 2.60. The van der Waals surface area contributed by atoms with Crippen LogP contribution in [0.2, 0.25) is 0 Å². The lowest BCUT2D eigenvalue weighted by Gasteiger charge is -2.20. The zero-order valence-electron chi connectivity index (χ0n) is 11.0. The molecule has 19 heavy (non-hydrogen) atoms. The SMILES string of the molecule is O=S1(=O)CCCN(CCNC2CCS(=O)(=O)C2)CC1. The second-order valence-corrected chi connectivity index (χ2v) is 9.93. The van der Waals surface area contributed by atoms with Gasteiger partial charge in [0.2, 0.25) is 0 Å². The second kappa shape index (κ2) is 6.07. The van der Waals surface area contributed by atoms with E-state index in [2.05, 4.69) is 10.2 Å². The van der Waals surface area contributed by atoms with Crippen LogP contribution in [0.15, 0.2) is 0 Å². The zero-order valence-corrected chi connectivity index (χ0v) is 12.7. The van der Waals surface area contributed by atoms with E-state index < -0.39 is 19.7 Å². The molecular weight excluding hydrogens is 288 g/mol. The lowest BCUT2D eigenvalue weighted by Crippen LogP contribution is -2.38. The van der Waals surface area contributed by atoms with Crippen LogP contribution in [0, 0.1) is 0 Å². The average Bonchev–Trinajstić information content (AvgIpc) is 2.54. The van der Waals surface area contributed by atoms with Crippen LogP contribution in [0.3, 0.4) is 0 Å². The number of rotatable bonds is 4. The van der Waals surface area contributed by atoms with Crippen molar-refractivity contribution >= 4 is 19.7 Å². The molecule has 0 amide bonds. The molecule has 1 atom stereocenters. The largest absolute Gasteiger partial charge is 0.312 e. The monoisotopic (exact) mass is 310 g/mol. The van der Waals surface area contributed by atoms with Gasteiger partial charge in [0.1, 0.15) is 0 Å². The standard InChI is InChI=1S/C11H22N2O4S2/c14-18(15)7-1-4-13(6-9-18)5-3-12-11-2-8-19(16,17)10-11/h11-12H,1-10H2. The summed E-state index contributed by atoms with van der Waals surface area (Å²) in [7, 11) is -5.68. The highest BCUT2D eigenvalue weighted by molar-refractivity contribution is 7.91. The van der Waals surface area contributed by atoms with Crippen LogP contribution in [-0.2, 0) is 19.7 Å². The molecule has 2 aliphatic rings. The van der Waals surface area contributed by atoms with E-state index in [9.17, 15) is 16.8 Å². The molecule has 0 aromatic carbocycles. The van der Waals surface area contributed by atoms with Crippen molar-refractivity contribution in [2.75, 3.05) is 49.2 Å². The smallest absolute Gasteiger partial charge is 0.151 e. The number of sulfone groups is 2. The molecule has 2 aliphatic heterocycles. The molecule has 2 saturated heterocycles. The third-order valence-corrected chi connectivity index (χ3v) is 7.22. The molecule has 2 heterocycles. The summed E-state index contributed by atoms with van der Waals surface area (Å²) in [6, 6.07) is 0.0701. The molecule has 112 valence electrons. The molecule has 0 aliphatic carbocycles. The van der Waals surface area contributed by atoms with Gasteiger partial charge in [0.15, 0.2) is 19.7 Å². The van der Waals surface area contributed by atoms with Crippen LogP contribution in [-0.4, -0.2) is 77.0 Å². The van der Waals surface area contributed by atoms with Gasteiger partial charge >= 0.3 is 0 Å². The number of nitrogens with one attached hydrogen (secondary N) is 1. The maximum Gasteiger partial charge on any atom is 0.151 e. The topological polar surface area (TPSA) is 83.6 Å². The maximum atomic E-state index is 11.5. The van der Waals surface area contributed by atoms with Crippen molar-refractivity contribution in [3.8, 4) is 0 Å². The quantitative estimate of drug-likeness (QED) is 0.708. The Morgan fingerprint density at radius 1 is 1.00 bits per heavy atom.